The molecule has 0 spiro atoms. The summed E-state index contributed by atoms with van der Waals surface area (Å²) in [5, 5.41) is 12.0. The number of carbonyl (C=O) groups is 2. The third-order valence-corrected chi connectivity index (χ3v) is 2.38. The summed E-state index contributed by atoms with van der Waals surface area (Å²) in [6.45, 7) is 3.57. The predicted octanol–water partition coefficient (Wildman–Crippen LogP) is 1.37. The van der Waals surface area contributed by atoms with Crippen LogP contribution in [-0.4, -0.2) is 23.0 Å². The molecule has 0 bridgehead atoms. The van der Waals surface area contributed by atoms with Crippen LogP contribution in [0.15, 0.2) is 18.2 Å². The number of primary amides is 1. The van der Waals surface area contributed by atoms with E-state index < -0.39 is 5.97 Å². The van der Waals surface area contributed by atoms with Crippen LogP contribution in [0.25, 0.3) is 0 Å². The van der Waals surface area contributed by atoms with E-state index in [4.69, 9.17) is 10.8 Å². The molecule has 0 aliphatic heterocycles. The number of nitrogens with two attached hydrogens (primary N) is 1. The third-order valence-electron chi connectivity index (χ3n) is 2.38. The maximum atomic E-state index is 10.8. The Labute approximate surface area is 99.6 Å². The van der Waals surface area contributed by atoms with E-state index in [0.29, 0.717) is 5.56 Å². The lowest BCUT2D eigenvalue weighted by atomic mass is 10.1. The van der Waals surface area contributed by atoms with Crippen LogP contribution < -0.4 is 11.1 Å². The summed E-state index contributed by atoms with van der Waals surface area (Å²) in [6, 6.07) is 4.87. The van der Waals surface area contributed by atoms with Gasteiger partial charge in [-0.25, -0.2) is 4.79 Å². The highest BCUT2D eigenvalue weighted by atomic mass is 16.4. The molecule has 1 unspecified atom stereocenters. The number of benzene rings is 1. The van der Waals surface area contributed by atoms with Gasteiger partial charge in [-0.05, 0) is 37.6 Å². The number of carboxylic acids is 1. The fraction of sp³-hybridized carbons (Fsp3) is 0.333. The summed E-state index contributed by atoms with van der Waals surface area (Å²) >= 11 is 0. The number of carboxylic acid groups (broad SMARTS) is 1. The molecule has 0 aliphatic carbocycles. The number of nitrogens with one attached hydrogen (secondary N) is 1. The molecular formula is C12H16N2O3. The van der Waals surface area contributed by atoms with Crippen LogP contribution in [0, 0.1) is 6.92 Å². The Hall–Kier alpha value is -2.04. The van der Waals surface area contributed by atoms with Crippen LogP contribution in [0.1, 0.15) is 29.3 Å². The second-order valence-electron chi connectivity index (χ2n) is 4.05. The zero-order valence-electron chi connectivity index (χ0n) is 9.86. The minimum Gasteiger partial charge on any atom is -0.478 e. The van der Waals surface area contributed by atoms with E-state index in [1.807, 2.05) is 6.92 Å². The van der Waals surface area contributed by atoms with E-state index in [2.05, 4.69) is 5.32 Å². The molecular weight excluding hydrogens is 220 g/mol. The van der Waals surface area contributed by atoms with Crippen molar-refractivity contribution in [2.24, 2.45) is 5.73 Å². The fourth-order valence-electron chi connectivity index (χ4n) is 1.63. The Morgan fingerprint density at radius 3 is 2.59 bits per heavy atom. The zero-order valence-corrected chi connectivity index (χ0v) is 9.86. The lowest BCUT2D eigenvalue weighted by molar-refractivity contribution is -0.118. The SMILES string of the molecule is Cc1cc(NC(C)CC(N)=O)ccc1C(=O)O. The van der Waals surface area contributed by atoms with Crippen LogP contribution in [0.5, 0.6) is 0 Å². The average Bonchev–Trinajstić information content (AvgIpc) is 2.15. The summed E-state index contributed by atoms with van der Waals surface area (Å²) in [5.74, 6) is -1.32. The van der Waals surface area contributed by atoms with Crippen LogP contribution in [0.2, 0.25) is 0 Å². The van der Waals surface area contributed by atoms with Gasteiger partial charge in [-0.3, -0.25) is 4.79 Å². The largest absolute Gasteiger partial charge is 0.478 e. The second-order valence-corrected chi connectivity index (χ2v) is 4.05. The molecule has 17 heavy (non-hydrogen) atoms. The number of hydrogen-bond donors (Lipinski definition) is 3. The third kappa shape index (κ3) is 3.79. The number of amides is 1. The minimum absolute atomic E-state index is 0.0809. The van der Waals surface area contributed by atoms with Gasteiger partial charge in [0.25, 0.3) is 0 Å². The predicted molar refractivity (Wildman–Crippen MR) is 65.0 cm³/mol. The van der Waals surface area contributed by atoms with Gasteiger partial charge in [-0.15, -0.1) is 0 Å². The van der Waals surface area contributed by atoms with Crippen LogP contribution in [-0.2, 0) is 4.79 Å². The molecule has 0 heterocycles. The molecule has 0 aromatic heterocycles. The Morgan fingerprint density at radius 2 is 2.12 bits per heavy atom. The molecule has 0 aliphatic rings. The molecule has 5 nitrogen and oxygen atoms in total. The number of hydrogen-bond acceptors (Lipinski definition) is 3. The minimum atomic E-state index is -0.945. The van der Waals surface area contributed by atoms with Gasteiger partial charge < -0.3 is 16.2 Å². The molecule has 1 amide bonds. The van der Waals surface area contributed by atoms with Gasteiger partial charge in [0.15, 0.2) is 0 Å². The Morgan fingerprint density at radius 1 is 1.47 bits per heavy atom. The van der Waals surface area contributed by atoms with Crippen LogP contribution in [0.3, 0.4) is 0 Å². The first-order valence-corrected chi connectivity index (χ1v) is 5.29. The summed E-state index contributed by atoms with van der Waals surface area (Å²) in [5.41, 5.74) is 6.81. The topological polar surface area (TPSA) is 92.4 Å². The number of aromatic carboxylic acids is 1. The lowest BCUT2D eigenvalue weighted by Crippen LogP contribution is -2.24. The lowest BCUT2D eigenvalue weighted by Gasteiger charge is -2.14. The molecule has 1 aromatic rings. The first-order chi connectivity index (χ1) is 7.90. The molecule has 1 aromatic carbocycles. The maximum Gasteiger partial charge on any atom is 0.335 e. The van der Waals surface area contributed by atoms with Crippen molar-refractivity contribution in [1.29, 1.82) is 0 Å². The number of anilines is 1. The van der Waals surface area contributed by atoms with Crippen molar-refractivity contribution in [3.63, 3.8) is 0 Å². The summed E-state index contributed by atoms with van der Waals surface area (Å²) in [4.78, 5) is 21.5. The van der Waals surface area contributed by atoms with Crippen molar-refractivity contribution in [3.8, 4) is 0 Å². The van der Waals surface area contributed by atoms with E-state index in [0.717, 1.165) is 5.69 Å². The van der Waals surface area contributed by atoms with E-state index >= 15 is 0 Å². The van der Waals surface area contributed by atoms with Gasteiger partial charge >= 0.3 is 5.97 Å². The number of rotatable bonds is 5. The van der Waals surface area contributed by atoms with E-state index in [9.17, 15) is 9.59 Å². The van der Waals surface area contributed by atoms with Gasteiger partial charge in [0, 0.05) is 18.2 Å². The quantitative estimate of drug-likeness (QED) is 0.719. The summed E-state index contributed by atoms with van der Waals surface area (Å²) in [6.07, 6.45) is 0.236. The van der Waals surface area contributed by atoms with E-state index in [1.165, 1.54) is 6.07 Å². The van der Waals surface area contributed by atoms with Crippen molar-refractivity contribution in [3.05, 3.63) is 29.3 Å². The zero-order chi connectivity index (χ0) is 13.0. The van der Waals surface area contributed by atoms with Gasteiger partial charge in [0.2, 0.25) is 5.91 Å². The molecule has 92 valence electrons. The standard InChI is InChI=1S/C12H16N2O3/c1-7-5-9(3-4-10(7)12(16)17)14-8(2)6-11(13)15/h3-5,8,14H,6H2,1-2H3,(H2,13,15)(H,16,17). The van der Waals surface area contributed by atoms with Crippen LogP contribution >= 0.6 is 0 Å². The molecule has 5 heteroatoms. The van der Waals surface area contributed by atoms with Crippen molar-refractivity contribution >= 4 is 17.6 Å². The molecule has 0 saturated heterocycles. The maximum absolute atomic E-state index is 10.8. The summed E-state index contributed by atoms with van der Waals surface area (Å²) in [7, 11) is 0. The molecule has 0 fully saturated rings. The smallest absolute Gasteiger partial charge is 0.335 e. The Kier molecular flexibility index (Phi) is 4.09. The first kappa shape index (κ1) is 13.0. The molecule has 0 radical (unpaired) electrons. The first-order valence-electron chi connectivity index (χ1n) is 5.29. The van der Waals surface area contributed by atoms with E-state index in [1.54, 1.807) is 19.1 Å². The average molecular weight is 236 g/mol. The normalized spacial score (nSPS) is 11.9. The second kappa shape index (κ2) is 5.34. The number of carbonyl (C=O) groups excluding carboxylic acids is 1. The number of aryl methyl sites for hydroxylation is 1. The monoisotopic (exact) mass is 236 g/mol. The molecule has 1 rings (SSSR count). The molecule has 1 atom stereocenters. The fourth-order valence-corrected chi connectivity index (χ4v) is 1.63. The van der Waals surface area contributed by atoms with Gasteiger partial charge in [0.1, 0.15) is 0 Å². The molecule has 4 N–H and O–H groups in total. The Balaban J connectivity index is 2.77. The van der Waals surface area contributed by atoms with E-state index in [-0.39, 0.29) is 23.9 Å². The van der Waals surface area contributed by atoms with Crippen molar-refractivity contribution in [1.82, 2.24) is 0 Å². The highest BCUT2D eigenvalue weighted by molar-refractivity contribution is 5.89. The highest BCUT2D eigenvalue weighted by Gasteiger charge is 2.09. The highest BCUT2D eigenvalue weighted by Crippen LogP contribution is 2.16. The summed E-state index contributed by atoms with van der Waals surface area (Å²) < 4.78 is 0. The molecule has 0 saturated carbocycles. The van der Waals surface area contributed by atoms with Gasteiger partial charge in [-0.2, -0.15) is 0 Å². The Bertz CT molecular complexity index is 443. The van der Waals surface area contributed by atoms with Crippen molar-refractivity contribution in [2.75, 3.05) is 5.32 Å². The van der Waals surface area contributed by atoms with Crippen LogP contribution in [0.4, 0.5) is 5.69 Å². The van der Waals surface area contributed by atoms with Crippen molar-refractivity contribution in [2.45, 2.75) is 26.3 Å². The van der Waals surface area contributed by atoms with Crippen molar-refractivity contribution < 1.29 is 14.7 Å². The van der Waals surface area contributed by atoms with Gasteiger partial charge in [0.05, 0.1) is 5.56 Å². The van der Waals surface area contributed by atoms with Gasteiger partial charge in [-0.1, -0.05) is 0 Å².